The van der Waals surface area contributed by atoms with Crippen LogP contribution < -0.4 is 9.62 Å². The second-order valence-electron chi connectivity index (χ2n) is 7.30. The molecule has 1 aliphatic heterocycles. The summed E-state index contributed by atoms with van der Waals surface area (Å²) in [5.74, 6) is 0. The maximum absolute atomic E-state index is 12.8. The summed E-state index contributed by atoms with van der Waals surface area (Å²) in [4.78, 5) is 2.40. The Kier molecular flexibility index (Phi) is 5.78. The van der Waals surface area contributed by atoms with E-state index in [-0.39, 0.29) is 10.9 Å². The molecule has 7 heteroatoms. The summed E-state index contributed by atoms with van der Waals surface area (Å²) in [6, 6.07) is 23.4. The molecule has 1 atom stereocenters. The van der Waals surface area contributed by atoms with E-state index in [1.807, 2.05) is 30.3 Å². The van der Waals surface area contributed by atoms with E-state index in [1.165, 1.54) is 0 Å². The molecule has 1 N–H and O–H groups in total. The lowest BCUT2D eigenvalue weighted by Gasteiger charge is -2.36. The van der Waals surface area contributed by atoms with E-state index in [0.717, 1.165) is 16.8 Å². The first kappa shape index (κ1) is 20.4. The minimum absolute atomic E-state index is 0.250. The van der Waals surface area contributed by atoms with Crippen molar-refractivity contribution in [3.05, 3.63) is 94.5 Å². The number of benzene rings is 3. The van der Waals surface area contributed by atoms with Gasteiger partial charge in [0, 0.05) is 29.8 Å². The fraction of sp³-hybridized carbons (Fsp3) is 0.174. The van der Waals surface area contributed by atoms with Gasteiger partial charge in [-0.1, -0.05) is 41.9 Å². The highest BCUT2D eigenvalue weighted by Crippen LogP contribution is 2.31. The maximum Gasteiger partial charge on any atom is 0.240 e. The number of halogens is 1. The van der Waals surface area contributed by atoms with Crippen molar-refractivity contribution in [3.63, 3.8) is 0 Å². The van der Waals surface area contributed by atoms with E-state index in [1.54, 1.807) is 42.5 Å². The summed E-state index contributed by atoms with van der Waals surface area (Å²) in [7, 11) is -3.62. The third-order valence-electron chi connectivity index (χ3n) is 5.12. The molecule has 5 nitrogen and oxygen atoms in total. The number of sulfonamides is 1. The molecule has 4 rings (SSSR count). The first-order chi connectivity index (χ1) is 14.4. The van der Waals surface area contributed by atoms with Gasteiger partial charge in [-0.15, -0.1) is 0 Å². The first-order valence-corrected chi connectivity index (χ1v) is 11.4. The van der Waals surface area contributed by atoms with Crippen LogP contribution in [0.5, 0.6) is 0 Å². The van der Waals surface area contributed by atoms with Gasteiger partial charge in [-0.3, -0.25) is 0 Å². The van der Waals surface area contributed by atoms with Crippen molar-refractivity contribution in [1.82, 2.24) is 4.72 Å². The molecule has 1 unspecified atom stereocenters. The second kappa shape index (κ2) is 8.49. The van der Waals surface area contributed by atoms with Crippen LogP contribution in [0, 0.1) is 11.3 Å². The molecule has 0 saturated heterocycles. The van der Waals surface area contributed by atoms with Gasteiger partial charge in [-0.2, -0.15) is 5.26 Å². The zero-order valence-corrected chi connectivity index (χ0v) is 17.7. The first-order valence-electron chi connectivity index (χ1n) is 9.54. The van der Waals surface area contributed by atoms with Gasteiger partial charge in [0.2, 0.25) is 10.0 Å². The van der Waals surface area contributed by atoms with Crippen molar-refractivity contribution in [2.24, 2.45) is 0 Å². The van der Waals surface area contributed by atoms with Crippen molar-refractivity contribution < 1.29 is 8.42 Å². The SMILES string of the molecule is N#Cc1ccc(CN2CC(NS(=O)(=O)c3ccccc3)Cc3cc(Cl)ccc32)cc1. The molecule has 0 aromatic heterocycles. The lowest BCUT2D eigenvalue weighted by Crippen LogP contribution is -2.48. The molecule has 3 aromatic rings. The van der Waals surface area contributed by atoms with Gasteiger partial charge in [0.25, 0.3) is 0 Å². The molecule has 152 valence electrons. The molecular formula is C23H20ClN3O2S. The topological polar surface area (TPSA) is 73.2 Å². The zero-order valence-electron chi connectivity index (χ0n) is 16.1. The molecule has 0 radical (unpaired) electrons. The molecule has 3 aromatic carbocycles. The number of hydrogen-bond donors (Lipinski definition) is 1. The molecule has 0 fully saturated rings. The van der Waals surface area contributed by atoms with Gasteiger partial charge in [-0.05, 0) is 60.0 Å². The molecule has 1 heterocycles. The number of rotatable bonds is 5. The van der Waals surface area contributed by atoms with E-state index in [4.69, 9.17) is 16.9 Å². The minimum atomic E-state index is -3.62. The number of nitriles is 1. The Labute approximate surface area is 181 Å². The highest BCUT2D eigenvalue weighted by molar-refractivity contribution is 7.89. The Hall–Kier alpha value is -2.85. The van der Waals surface area contributed by atoms with E-state index in [0.29, 0.717) is 30.1 Å². The van der Waals surface area contributed by atoms with Gasteiger partial charge in [0.1, 0.15) is 0 Å². The summed E-state index contributed by atoms with van der Waals surface area (Å²) in [5, 5.41) is 9.63. The third kappa shape index (κ3) is 4.49. The van der Waals surface area contributed by atoms with Gasteiger partial charge >= 0.3 is 0 Å². The maximum atomic E-state index is 12.8. The van der Waals surface area contributed by atoms with Crippen LogP contribution in [0.3, 0.4) is 0 Å². The molecule has 1 aliphatic rings. The number of nitrogens with zero attached hydrogens (tertiary/aromatic N) is 2. The third-order valence-corrected chi connectivity index (χ3v) is 6.89. The molecule has 0 saturated carbocycles. The van der Waals surface area contributed by atoms with Crippen molar-refractivity contribution in [1.29, 1.82) is 5.26 Å². The summed E-state index contributed by atoms with van der Waals surface area (Å²) in [6.07, 6.45) is 0.561. The van der Waals surface area contributed by atoms with Crippen molar-refractivity contribution in [3.8, 4) is 6.07 Å². The summed E-state index contributed by atoms with van der Waals surface area (Å²) in [6.45, 7) is 1.13. The quantitative estimate of drug-likeness (QED) is 0.651. The Bertz CT molecular complexity index is 1190. The molecule has 0 aliphatic carbocycles. The van der Waals surface area contributed by atoms with E-state index in [9.17, 15) is 8.42 Å². The number of nitrogens with one attached hydrogen (secondary N) is 1. The molecule has 0 spiro atoms. The van der Waals surface area contributed by atoms with Crippen molar-refractivity contribution in [2.75, 3.05) is 11.4 Å². The second-order valence-corrected chi connectivity index (χ2v) is 9.45. The Morgan fingerprint density at radius 2 is 1.80 bits per heavy atom. The van der Waals surface area contributed by atoms with Crippen LogP contribution in [-0.2, 0) is 23.0 Å². The molecule has 30 heavy (non-hydrogen) atoms. The predicted molar refractivity (Wildman–Crippen MR) is 118 cm³/mol. The fourth-order valence-corrected chi connectivity index (χ4v) is 5.18. The van der Waals surface area contributed by atoms with Crippen LogP contribution in [0.1, 0.15) is 16.7 Å². The Morgan fingerprint density at radius 3 is 2.50 bits per heavy atom. The summed E-state index contributed by atoms with van der Waals surface area (Å²) >= 11 is 6.21. The average molecular weight is 438 g/mol. The zero-order chi connectivity index (χ0) is 21.1. The van der Waals surface area contributed by atoms with Crippen LogP contribution >= 0.6 is 11.6 Å². The van der Waals surface area contributed by atoms with E-state index >= 15 is 0 Å². The van der Waals surface area contributed by atoms with Crippen LogP contribution in [0.4, 0.5) is 5.69 Å². The number of hydrogen-bond acceptors (Lipinski definition) is 4. The van der Waals surface area contributed by atoms with Crippen LogP contribution in [0.2, 0.25) is 5.02 Å². The van der Waals surface area contributed by atoms with Crippen LogP contribution in [0.25, 0.3) is 0 Å². The van der Waals surface area contributed by atoms with E-state index in [2.05, 4.69) is 15.7 Å². The standard InChI is InChI=1S/C23H20ClN3O2S/c24-20-10-11-23-19(12-20)13-21(26-30(28,29)22-4-2-1-3-5-22)16-27(23)15-18-8-6-17(14-25)7-9-18/h1-12,21,26H,13,15-16H2. The van der Waals surface area contributed by atoms with Gasteiger partial charge in [-0.25, -0.2) is 13.1 Å². The largest absolute Gasteiger partial charge is 0.365 e. The highest BCUT2D eigenvalue weighted by Gasteiger charge is 2.28. The lowest BCUT2D eigenvalue weighted by atomic mass is 9.97. The average Bonchev–Trinajstić information content (AvgIpc) is 2.74. The van der Waals surface area contributed by atoms with Crippen LogP contribution in [0.15, 0.2) is 77.7 Å². The minimum Gasteiger partial charge on any atom is -0.365 e. The Balaban J connectivity index is 1.61. The van der Waals surface area contributed by atoms with Crippen molar-refractivity contribution >= 4 is 27.3 Å². The molecule has 0 amide bonds. The van der Waals surface area contributed by atoms with Crippen molar-refractivity contribution in [2.45, 2.75) is 23.9 Å². The Morgan fingerprint density at radius 1 is 1.07 bits per heavy atom. The summed E-state index contributed by atoms with van der Waals surface area (Å²) < 4.78 is 28.5. The fourth-order valence-electron chi connectivity index (χ4n) is 3.74. The summed E-state index contributed by atoms with van der Waals surface area (Å²) in [5.41, 5.74) is 3.70. The molecule has 0 bridgehead atoms. The van der Waals surface area contributed by atoms with Gasteiger partial charge in [0.05, 0.1) is 16.5 Å². The normalized spacial score (nSPS) is 16.0. The highest BCUT2D eigenvalue weighted by atomic mass is 35.5. The van der Waals surface area contributed by atoms with Crippen LogP contribution in [-0.4, -0.2) is 21.0 Å². The number of fused-ring (bicyclic) bond motifs is 1. The van der Waals surface area contributed by atoms with Gasteiger partial charge in [0.15, 0.2) is 0 Å². The van der Waals surface area contributed by atoms with E-state index < -0.39 is 10.0 Å². The number of anilines is 1. The monoisotopic (exact) mass is 437 g/mol. The lowest BCUT2D eigenvalue weighted by molar-refractivity contribution is 0.524. The smallest absolute Gasteiger partial charge is 0.240 e. The van der Waals surface area contributed by atoms with Gasteiger partial charge < -0.3 is 4.90 Å². The predicted octanol–water partition coefficient (Wildman–Crippen LogP) is 4.12. The molecular weight excluding hydrogens is 418 g/mol.